The summed E-state index contributed by atoms with van der Waals surface area (Å²) in [6.07, 6.45) is 3.92. The first kappa shape index (κ1) is 11.3. The van der Waals surface area contributed by atoms with Gasteiger partial charge in [0.15, 0.2) is 0 Å². The van der Waals surface area contributed by atoms with Crippen molar-refractivity contribution in [3.63, 3.8) is 0 Å². The number of hydrogen-bond acceptors (Lipinski definition) is 2. The molecule has 0 bridgehead atoms. The van der Waals surface area contributed by atoms with Crippen LogP contribution in [0.4, 0.5) is 0 Å². The fourth-order valence-electron chi connectivity index (χ4n) is 1.41. The second-order valence-electron chi connectivity index (χ2n) is 5.20. The van der Waals surface area contributed by atoms with Crippen LogP contribution in [0.3, 0.4) is 0 Å². The molecule has 0 aliphatic carbocycles. The Labute approximate surface area is 86.5 Å². The maximum absolute atomic E-state index is 6.06. The predicted molar refractivity (Wildman–Crippen MR) is 59.1 cm³/mol. The Morgan fingerprint density at radius 3 is 2.50 bits per heavy atom. The first-order valence-electron chi connectivity index (χ1n) is 5.19. The van der Waals surface area contributed by atoms with Gasteiger partial charge in [-0.25, -0.2) is 0 Å². The molecule has 1 aromatic rings. The van der Waals surface area contributed by atoms with E-state index >= 15 is 0 Å². The third-order valence-corrected chi connectivity index (χ3v) is 2.38. The minimum Gasteiger partial charge on any atom is -0.469 e. The standard InChI is InChI=1S/C12H21NO/c1-9-7-10(8-14-9)11(13)5-6-12(2,3)4/h7-8,11H,5-6,13H2,1-4H3. The molecule has 1 rings (SSSR count). The molecule has 2 N–H and O–H groups in total. The van der Waals surface area contributed by atoms with Crippen LogP contribution >= 0.6 is 0 Å². The summed E-state index contributed by atoms with van der Waals surface area (Å²) < 4.78 is 5.24. The van der Waals surface area contributed by atoms with Crippen LogP contribution in [0.1, 0.15) is 51.0 Å². The van der Waals surface area contributed by atoms with Gasteiger partial charge in [-0.1, -0.05) is 20.8 Å². The number of furan rings is 1. The minimum absolute atomic E-state index is 0.117. The molecule has 0 aliphatic rings. The second-order valence-corrected chi connectivity index (χ2v) is 5.20. The van der Waals surface area contributed by atoms with E-state index in [1.165, 1.54) is 0 Å². The van der Waals surface area contributed by atoms with Crippen molar-refractivity contribution < 1.29 is 4.42 Å². The molecule has 0 radical (unpaired) electrons. The van der Waals surface area contributed by atoms with Gasteiger partial charge in [0, 0.05) is 11.6 Å². The summed E-state index contributed by atoms with van der Waals surface area (Å²) in [6, 6.07) is 2.14. The van der Waals surface area contributed by atoms with Gasteiger partial charge in [-0.2, -0.15) is 0 Å². The molecule has 0 spiro atoms. The Hall–Kier alpha value is -0.760. The SMILES string of the molecule is Cc1cc(C(N)CCC(C)(C)C)co1. The van der Waals surface area contributed by atoms with Crippen LogP contribution in [-0.2, 0) is 0 Å². The summed E-state index contributed by atoms with van der Waals surface area (Å²) in [6.45, 7) is 8.65. The van der Waals surface area contributed by atoms with Crippen molar-refractivity contribution in [2.75, 3.05) is 0 Å². The van der Waals surface area contributed by atoms with Gasteiger partial charge in [0.2, 0.25) is 0 Å². The molecular formula is C12H21NO. The molecule has 0 amide bonds. The van der Waals surface area contributed by atoms with Crippen LogP contribution in [-0.4, -0.2) is 0 Å². The molecule has 14 heavy (non-hydrogen) atoms. The van der Waals surface area contributed by atoms with Crippen molar-refractivity contribution >= 4 is 0 Å². The molecule has 0 aliphatic heterocycles. The van der Waals surface area contributed by atoms with E-state index in [1.807, 2.05) is 13.0 Å². The van der Waals surface area contributed by atoms with Gasteiger partial charge in [0.1, 0.15) is 5.76 Å². The maximum Gasteiger partial charge on any atom is 0.101 e. The number of hydrogen-bond donors (Lipinski definition) is 1. The Morgan fingerprint density at radius 1 is 1.43 bits per heavy atom. The smallest absolute Gasteiger partial charge is 0.101 e. The summed E-state index contributed by atoms with van der Waals surface area (Å²) in [4.78, 5) is 0. The zero-order valence-corrected chi connectivity index (χ0v) is 9.63. The van der Waals surface area contributed by atoms with E-state index in [1.54, 1.807) is 6.26 Å². The Bertz CT molecular complexity index is 283. The van der Waals surface area contributed by atoms with Gasteiger partial charge in [-0.3, -0.25) is 0 Å². The molecule has 0 aromatic carbocycles. The van der Waals surface area contributed by atoms with E-state index in [9.17, 15) is 0 Å². The molecular weight excluding hydrogens is 174 g/mol. The lowest BCUT2D eigenvalue weighted by Gasteiger charge is -2.20. The Kier molecular flexibility index (Phi) is 3.38. The molecule has 0 saturated carbocycles. The lowest BCUT2D eigenvalue weighted by Crippen LogP contribution is -2.14. The second kappa shape index (κ2) is 4.18. The van der Waals surface area contributed by atoms with Crippen LogP contribution in [0.5, 0.6) is 0 Å². The average molecular weight is 195 g/mol. The molecule has 1 aromatic heterocycles. The lowest BCUT2D eigenvalue weighted by atomic mass is 9.88. The van der Waals surface area contributed by atoms with E-state index < -0.39 is 0 Å². The monoisotopic (exact) mass is 195 g/mol. The number of rotatable bonds is 3. The van der Waals surface area contributed by atoms with Gasteiger partial charge in [-0.15, -0.1) is 0 Å². The highest BCUT2D eigenvalue weighted by atomic mass is 16.3. The van der Waals surface area contributed by atoms with Crippen molar-refractivity contribution in [1.29, 1.82) is 0 Å². The minimum atomic E-state index is 0.117. The maximum atomic E-state index is 6.06. The van der Waals surface area contributed by atoms with Crippen molar-refractivity contribution in [2.24, 2.45) is 11.1 Å². The molecule has 1 heterocycles. The molecule has 0 fully saturated rings. The normalized spacial score (nSPS) is 14.4. The highest BCUT2D eigenvalue weighted by Crippen LogP contribution is 2.26. The predicted octanol–water partition coefficient (Wildman–Crippen LogP) is 3.41. The highest BCUT2D eigenvalue weighted by Gasteiger charge is 2.14. The van der Waals surface area contributed by atoms with Gasteiger partial charge in [-0.05, 0) is 31.2 Å². The van der Waals surface area contributed by atoms with Crippen LogP contribution in [0.2, 0.25) is 0 Å². The van der Waals surface area contributed by atoms with E-state index in [-0.39, 0.29) is 6.04 Å². The molecule has 2 heteroatoms. The first-order chi connectivity index (χ1) is 6.38. The molecule has 1 unspecified atom stereocenters. The third kappa shape index (κ3) is 3.54. The Balaban J connectivity index is 2.47. The van der Waals surface area contributed by atoms with Crippen molar-refractivity contribution in [3.05, 3.63) is 23.7 Å². The zero-order valence-electron chi connectivity index (χ0n) is 9.63. The van der Waals surface area contributed by atoms with Crippen LogP contribution in [0.25, 0.3) is 0 Å². The summed E-state index contributed by atoms with van der Waals surface area (Å²) in [5, 5.41) is 0. The van der Waals surface area contributed by atoms with E-state index in [0.29, 0.717) is 5.41 Å². The number of nitrogens with two attached hydrogens (primary N) is 1. The average Bonchev–Trinajstić information content (AvgIpc) is 2.46. The Morgan fingerprint density at radius 2 is 2.07 bits per heavy atom. The zero-order chi connectivity index (χ0) is 10.8. The number of aryl methyl sites for hydroxylation is 1. The lowest BCUT2D eigenvalue weighted by molar-refractivity contribution is 0.349. The largest absolute Gasteiger partial charge is 0.469 e. The summed E-state index contributed by atoms with van der Waals surface area (Å²) in [5.41, 5.74) is 7.53. The fourth-order valence-corrected chi connectivity index (χ4v) is 1.41. The summed E-state index contributed by atoms with van der Waals surface area (Å²) in [5.74, 6) is 0.936. The van der Waals surface area contributed by atoms with Gasteiger partial charge in [0.05, 0.1) is 6.26 Å². The topological polar surface area (TPSA) is 39.2 Å². The van der Waals surface area contributed by atoms with Crippen molar-refractivity contribution in [3.8, 4) is 0 Å². The van der Waals surface area contributed by atoms with Gasteiger partial charge < -0.3 is 10.2 Å². The fraction of sp³-hybridized carbons (Fsp3) is 0.667. The summed E-state index contributed by atoms with van der Waals surface area (Å²) in [7, 11) is 0. The molecule has 2 nitrogen and oxygen atoms in total. The molecule has 0 saturated heterocycles. The summed E-state index contributed by atoms with van der Waals surface area (Å²) >= 11 is 0. The van der Waals surface area contributed by atoms with Crippen LogP contribution < -0.4 is 5.73 Å². The van der Waals surface area contributed by atoms with E-state index in [4.69, 9.17) is 10.2 Å². The highest BCUT2D eigenvalue weighted by molar-refractivity contribution is 5.15. The van der Waals surface area contributed by atoms with Gasteiger partial charge >= 0.3 is 0 Å². The van der Waals surface area contributed by atoms with Crippen molar-refractivity contribution in [1.82, 2.24) is 0 Å². The van der Waals surface area contributed by atoms with Gasteiger partial charge in [0.25, 0.3) is 0 Å². The van der Waals surface area contributed by atoms with E-state index in [2.05, 4.69) is 20.8 Å². The quantitative estimate of drug-likeness (QED) is 0.802. The molecule has 80 valence electrons. The first-order valence-corrected chi connectivity index (χ1v) is 5.19. The van der Waals surface area contributed by atoms with Crippen molar-refractivity contribution in [2.45, 2.75) is 46.6 Å². The van der Waals surface area contributed by atoms with Crippen LogP contribution in [0.15, 0.2) is 16.7 Å². The third-order valence-electron chi connectivity index (χ3n) is 2.38. The van der Waals surface area contributed by atoms with Crippen LogP contribution in [0, 0.1) is 12.3 Å². The van der Waals surface area contributed by atoms with E-state index in [0.717, 1.165) is 24.2 Å². The molecule has 1 atom stereocenters.